The third-order valence-electron chi connectivity index (χ3n) is 6.62. The Kier molecular flexibility index (Phi) is 7.29. The summed E-state index contributed by atoms with van der Waals surface area (Å²) < 4.78 is 83.8. The van der Waals surface area contributed by atoms with Gasteiger partial charge in [-0.05, 0) is 26.0 Å². The van der Waals surface area contributed by atoms with E-state index in [2.05, 4.69) is 9.72 Å². The van der Waals surface area contributed by atoms with Gasteiger partial charge < -0.3 is 14.2 Å². The van der Waals surface area contributed by atoms with Crippen LogP contribution < -0.4 is 15.2 Å². The van der Waals surface area contributed by atoms with Crippen molar-refractivity contribution in [3.8, 4) is 11.8 Å². The van der Waals surface area contributed by atoms with E-state index in [9.17, 15) is 36.4 Å². The lowest BCUT2D eigenvalue weighted by molar-refractivity contribution is -0.274. The van der Waals surface area contributed by atoms with E-state index in [1.54, 1.807) is 6.07 Å². The Bertz CT molecular complexity index is 1470. The summed E-state index contributed by atoms with van der Waals surface area (Å²) in [6.07, 6.45) is -7.88. The molecule has 2 atom stereocenters. The molecule has 202 valence electrons. The number of fused-ring (bicyclic) bond motifs is 1. The molecule has 0 N–H and O–H groups in total. The van der Waals surface area contributed by atoms with E-state index in [-0.39, 0.29) is 35.2 Å². The first-order chi connectivity index (χ1) is 17.8. The van der Waals surface area contributed by atoms with Crippen LogP contribution in [0.15, 0.2) is 35.1 Å². The molecule has 0 radical (unpaired) electrons. The van der Waals surface area contributed by atoms with Gasteiger partial charge in [0.15, 0.2) is 0 Å². The number of piperazine rings is 1. The molecule has 0 aliphatic carbocycles. The zero-order valence-electron chi connectivity index (χ0n) is 20.6. The molecule has 1 saturated heterocycles. The fourth-order valence-electron chi connectivity index (χ4n) is 4.66. The molecule has 3 heterocycles. The van der Waals surface area contributed by atoms with Crippen LogP contribution in [0.4, 0.5) is 32.0 Å². The summed E-state index contributed by atoms with van der Waals surface area (Å²) in [6, 6.07) is 6.67. The van der Waals surface area contributed by atoms with Gasteiger partial charge in [0.05, 0.1) is 16.8 Å². The smallest absolute Gasteiger partial charge is 0.406 e. The maximum atomic E-state index is 14.6. The van der Waals surface area contributed by atoms with E-state index in [4.69, 9.17) is 0 Å². The molecule has 0 spiro atoms. The number of alkyl halides is 5. The SMILES string of the molecule is C[C@@H]1CN(c2cc(=O)n(C)c3cc(C(F)F)c(C#N)nc23)[C@@H](C)CN1Cc1ccc(OC(F)(F)F)cc1F. The highest BCUT2D eigenvalue weighted by Crippen LogP contribution is 2.33. The highest BCUT2D eigenvalue weighted by atomic mass is 19.4. The second kappa shape index (κ2) is 10.2. The van der Waals surface area contributed by atoms with Crippen molar-refractivity contribution in [2.75, 3.05) is 18.0 Å². The van der Waals surface area contributed by atoms with E-state index < -0.39 is 41.2 Å². The van der Waals surface area contributed by atoms with Crippen molar-refractivity contribution in [2.45, 2.75) is 45.3 Å². The Morgan fingerprint density at radius 1 is 1.16 bits per heavy atom. The molecule has 0 bridgehead atoms. The third kappa shape index (κ3) is 5.40. The summed E-state index contributed by atoms with van der Waals surface area (Å²) in [5.74, 6) is -1.49. The monoisotopic (exact) mass is 539 g/mol. The number of nitriles is 1. The Hall–Kier alpha value is -3.79. The summed E-state index contributed by atoms with van der Waals surface area (Å²) in [5, 5.41) is 9.39. The average Bonchev–Trinajstić information content (AvgIpc) is 2.83. The number of halogens is 6. The minimum Gasteiger partial charge on any atom is -0.406 e. The second-order valence-electron chi connectivity index (χ2n) is 9.21. The maximum Gasteiger partial charge on any atom is 0.573 e. The van der Waals surface area contributed by atoms with Gasteiger partial charge in [0, 0.05) is 56.5 Å². The van der Waals surface area contributed by atoms with Crippen LogP contribution in [0.1, 0.15) is 37.1 Å². The number of hydrogen-bond acceptors (Lipinski definition) is 6. The molecule has 1 aromatic carbocycles. The highest BCUT2D eigenvalue weighted by Gasteiger charge is 2.33. The van der Waals surface area contributed by atoms with Crippen LogP contribution in [0, 0.1) is 17.1 Å². The first-order valence-corrected chi connectivity index (χ1v) is 11.6. The summed E-state index contributed by atoms with van der Waals surface area (Å²) in [5.41, 5.74) is -0.471. The third-order valence-corrected chi connectivity index (χ3v) is 6.62. The van der Waals surface area contributed by atoms with Crippen molar-refractivity contribution in [3.05, 3.63) is 63.3 Å². The van der Waals surface area contributed by atoms with Gasteiger partial charge in [-0.3, -0.25) is 9.69 Å². The fourth-order valence-corrected chi connectivity index (χ4v) is 4.66. The van der Waals surface area contributed by atoms with E-state index in [0.29, 0.717) is 24.8 Å². The molecule has 7 nitrogen and oxygen atoms in total. The second-order valence-corrected chi connectivity index (χ2v) is 9.21. The van der Waals surface area contributed by atoms with Gasteiger partial charge in [-0.15, -0.1) is 13.2 Å². The van der Waals surface area contributed by atoms with Crippen molar-refractivity contribution in [1.29, 1.82) is 5.26 Å². The van der Waals surface area contributed by atoms with E-state index in [1.165, 1.54) is 23.7 Å². The molecule has 2 aromatic heterocycles. The van der Waals surface area contributed by atoms with Gasteiger partial charge in [0.2, 0.25) is 0 Å². The molecule has 0 amide bonds. The van der Waals surface area contributed by atoms with Crippen molar-refractivity contribution in [3.63, 3.8) is 0 Å². The van der Waals surface area contributed by atoms with Crippen molar-refractivity contribution in [2.24, 2.45) is 7.05 Å². The van der Waals surface area contributed by atoms with Crippen LogP contribution in [0.25, 0.3) is 11.0 Å². The number of ether oxygens (including phenoxy) is 1. The first kappa shape index (κ1) is 27.3. The molecule has 1 fully saturated rings. The minimum atomic E-state index is -4.93. The molecule has 0 saturated carbocycles. The highest BCUT2D eigenvalue weighted by molar-refractivity contribution is 5.89. The number of anilines is 1. The number of aromatic nitrogens is 2. The Morgan fingerprint density at radius 3 is 2.47 bits per heavy atom. The van der Waals surface area contributed by atoms with Crippen LogP contribution in [0.2, 0.25) is 0 Å². The quantitative estimate of drug-likeness (QED) is 0.431. The normalized spacial score (nSPS) is 18.7. The average molecular weight is 539 g/mol. The zero-order valence-corrected chi connectivity index (χ0v) is 20.6. The Labute approximate surface area is 213 Å². The number of hydrogen-bond donors (Lipinski definition) is 0. The Balaban J connectivity index is 1.63. The van der Waals surface area contributed by atoms with Crippen LogP contribution in [0.5, 0.6) is 5.75 Å². The van der Waals surface area contributed by atoms with Gasteiger partial charge in [-0.25, -0.2) is 18.2 Å². The minimum absolute atomic E-state index is 0.114. The Morgan fingerprint density at radius 2 is 1.87 bits per heavy atom. The van der Waals surface area contributed by atoms with E-state index >= 15 is 0 Å². The van der Waals surface area contributed by atoms with Crippen molar-refractivity contribution < 1.29 is 31.1 Å². The molecule has 38 heavy (non-hydrogen) atoms. The lowest BCUT2D eigenvalue weighted by Crippen LogP contribution is -2.56. The lowest BCUT2D eigenvalue weighted by atomic mass is 10.0. The predicted octanol–water partition coefficient (Wildman–Crippen LogP) is 4.88. The standard InChI is InChI=1S/C25H23F6N5O2/c1-13-11-36(14(2)10-35(13)12-15-4-5-16(6-18(15)26)38-25(29,30)31)21-8-22(37)34(3)20-7-17(24(27)28)19(9-32)33-23(20)21/h4-8,13-14,24H,10-12H2,1-3H3/t13-,14+/m1/s1. The van der Waals surface area contributed by atoms with E-state index in [0.717, 1.165) is 12.1 Å². The van der Waals surface area contributed by atoms with Crippen LogP contribution >= 0.6 is 0 Å². The summed E-state index contributed by atoms with van der Waals surface area (Å²) in [6.45, 7) is 4.57. The fraction of sp³-hybridized carbons (Fsp3) is 0.400. The molecule has 1 aliphatic heterocycles. The topological polar surface area (TPSA) is 74.4 Å². The number of benzene rings is 1. The van der Waals surface area contributed by atoms with Gasteiger partial charge in [-0.2, -0.15) is 5.26 Å². The lowest BCUT2D eigenvalue weighted by Gasteiger charge is -2.45. The zero-order chi connectivity index (χ0) is 27.9. The molecule has 13 heteroatoms. The number of aryl methyl sites for hydroxylation is 1. The van der Waals surface area contributed by atoms with Crippen molar-refractivity contribution in [1.82, 2.24) is 14.5 Å². The largest absolute Gasteiger partial charge is 0.573 e. The molecule has 4 rings (SSSR count). The summed E-state index contributed by atoms with van der Waals surface area (Å²) in [7, 11) is 1.43. The van der Waals surface area contributed by atoms with Crippen LogP contribution in [-0.2, 0) is 13.6 Å². The molecular formula is C25H23F6N5O2. The number of rotatable bonds is 5. The molecule has 3 aromatic rings. The number of nitrogens with zero attached hydrogens (tertiary/aromatic N) is 5. The van der Waals surface area contributed by atoms with Gasteiger partial charge in [0.25, 0.3) is 12.0 Å². The van der Waals surface area contributed by atoms with Gasteiger partial charge >= 0.3 is 6.36 Å². The molecule has 1 aliphatic rings. The van der Waals surface area contributed by atoms with Crippen LogP contribution in [0.3, 0.4) is 0 Å². The van der Waals surface area contributed by atoms with Gasteiger partial charge in [0.1, 0.15) is 28.8 Å². The summed E-state index contributed by atoms with van der Waals surface area (Å²) >= 11 is 0. The van der Waals surface area contributed by atoms with Gasteiger partial charge in [-0.1, -0.05) is 6.07 Å². The summed E-state index contributed by atoms with van der Waals surface area (Å²) in [4.78, 5) is 20.7. The maximum absolute atomic E-state index is 14.6. The molecular weight excluding hydrogens is 516 g/mol. The van der Waals surface area contributed by atoms with Crippen molar-refractivity contribution >= 4 is 16.7 Å². The van der Waals surface area contributed by atoms with E-state index in [1.807, 2.05) is 23.6 Å². The first-order valence-electron chi connectivity index (χ1n) is 11.6. The molecule has 0 unspecified atom stereocenters. The van der Waals surface area contributed by atoms with Crippen LogP contribution in [-0.4, -0.2) is 46.0 Å². The predicted molar refractivity (Wildman–Crippen MR) is 126 cm³/mol. The number of pyridine rings is 2.